The first kappa shape index (κ1) is 11.6. The largest absolute Gasteiger partial charge is 0.344 e. The van der Waals surface area contributed by atoms with Crippen molar-refractivity contribution in [1.82, 2.24) is 4.57 Å². The van der Waals surface area contributed by atoms with Crippen LogP contribution in [0.2, 0.25) is 0 Å². The van der Waals surface area contributed by atoms with Crippen LogP contribution in [0.15, 0.2) is 30.3 Å². The van der Waals surface area contributed by atoms with Gasteiger partial charge in [0.15, 0.2) is 0 Å². The SMILES string of the molecule is CCn1c(CSC(C)C)cc2ccccc21. The molecule has 0 unspecified atom stereocenters. The fourth-order valence-corrected chi connectivity index (χ4v) is 2.76. The summed E-state index contributed by atoms with van der Waals surface area (Å²) >= 11 is 2.01. The summed E-state index contributed by atoms with van der Waals surface area (Å²) in [5, 5.41) is 2.06. The highest BCUT2D eigenvalue weighted by Crippen LogP contribution is 2.24. The van der Waals surface area contributed by atoms with Crippen LogP contribution in [0.1, 0.15) is 26.5 Å². The lowest BCUT2D eigenvalue weighted by molar-refractivity contribution is 0.765. The number of para-hydroxylation sites is 1. The van der Waals surface area contributed by atoms with Crippen molar-refractivity contribution in [2.45, 2.75) is 38.3 Å². The maximum atomic E-state index is 2.42. The number of nitrogens with zero attached hydrogens (tertiary/aromatic N) is 1. The van der Waals surface area contributed by atoms with Gasteiger partial charge in [0.2, 0.25) is 0 Å². The molecule has 2 rings (SSSR count). The first-order valence-corrected chi connectivity index (χ1v) is 6.96. The molecule has 0 atom stereocenters. The van der Waals surface area contributed by atoms with Crippen LogP contribution in [0, 0.1) is 0 Å². The van der Waals surface area contributed by atoms with Gasteiger partial charge in [-0.25, -0.2) is 0 Å². The van der Waals surface area contributed by atoms with E-state index in [0.29, 0.717) is 5.25 Å². The Labute approximate surface area is 102 Å². The van der Waals surface area contributed by atoms with E-state index in [4.69, 9.17) is 0 Å². The van der Waals surface area contributed by atoms with Crippen LogP contribution in [0.4, 0.5) is 0 Å². The second-order valence-corrected chi connectivity index (χ2v) is 5.86. The Morgan fingerprint density at radius 1 is 1.25 bits per heavy atom. The van der Waals surface area contributed by atoms with Crippen LogP contribution in [0.5, 0.6) is 0 Å². The molecule has 1 aromatic heterocycles. The number of aryl methyl sites for hydroxylation is 1. The highest BCUT2D eigenvalue weighted by Gasteiger charge is 2.07. The zero-order chi connectivity index (χ0) is 11.5. The second-order valence-electron chi connectivity index (χ2n) is 4.30. The molecule has 0 saturated carbocycles. The predicted octanol–water partition coefficient (Wildman–Crippen LogP) is 4.30. The van der Waals surface area contributed by atoms with E-state index in [-0.39, 0.29) is 0 Å². The monoisotopic (exact) mass is 233 g/mol. The maximum absolute atomic E-state index is 2.42. The van der Waals surface area contributed by atoms with Crippen molar-refractivity contribution in [3.63, 3.8) is 0 Å². The van der Waals surface area contributed by atoms with Crippen molar-refractivity contribution < 1.29 is 0 Å². The summed E-state index contributed by atoms with van der Waals surface area (Å²) in [5.41, 5.74) is 2.81. The lowest BCUT2D eigenvalue weighted by Gasteiger charge is -2.09. The number of thioether (sulfide) groups is 1. The zero-order valence-electron chi connectivity index (χ0n) is 10.2. The Morgan fingerprint density at radius 3 is 2.69 bits per heavy atom. The van der Waals surface area contributed by atoms with Crippen LogP contribution in [-0.2, 0) is 12.3 Å². The van der Waals surface area contributed by atoms with Gasteiger partial charge in [0.25, 0.3) is 0 Å². The smallest absolute Gasteiger partial charge is 0.0482 e. The summed E-state index contributed by atoms with van der Waals surface area (Å²) in [6, 6.07) is 11.0. The normalized spacial score (nSPS) is 11.5. The molecular weight excluding hydrogens is 214 g/mol. The minimum Gasteiger partial charge on any atom is -0.344 e. The van der Waals surface area contributed by atoms with Gasteiger partial charge in [-0.2, -0.15) is 11.8 Å². The van der Waals surface area contributed by atoms with Gasteiger partial charge in [-0.15, -0.1) is 0 Å². The molecule has 0 amide bonds. The molecule has 0 aliphatic carbocycles. The molecule has 1 heterocycles. The Morgan fingerprint density at radius 2 is 2.00 bits per heavy atom. The zero-order valence-corrected chi connectivity index (χ0v) is 11.1. The predicted molar refractivity (Wildman–Crippen MR) is 74.0 cm³/mol. The van der Waals surface area contributed by atoms with Crippen molar-refractivity contribution >= 4 is 22.7 Å². The molecule has 0 saturated heterocycles. The summed E-state index contributed by atoms with van der Waals surface area (Å²) in [7, 11) is 0. The fourth-order valence-electron chi connectivity index (χ4n) is 2.01. The standard InChI is InChI=1S/C14H19NS/c1-4-15-13(10-16-11(2)3)9-12-7-5-6-8-14(12)15/h5-9,11H,4,10H2,1-3H3. The lowest BCUT2D eigenvalue weighted by Crippen LogP contribution is -2.00. The third-order valence-corrected chi connectivity index (χ3v) is 3.91. The number of rotatable bonds is 4. The second kappa shape index (κ2) is 4.96. The van der Waals surface area contributed by atoms with E-state index in [9.17, 15) is 0 Å². The lowest BCUT2D eigenvalue weighted by atomic mass is 10.2. The van der Waals surface area contributed by atoms with Gasteiger partial charge in [0.1, 0.15) is 0 Å². The van der Waals surface area contributed by atoms with E-state index >= 15 is 0 Å². The quantitative estimate of drug-likeness (QED) is 0.762. The van der Waals surface area contributed by atoms with Crippen molar-refractivity contribution in [2.24, 2.45) is 0 Å². The molecule has 16 heavy (non-hydrogen) atoms. The van der Waals surface area contributed by atoms with Crippen molar-refractivity contribution in [3.8, 4) is 0 Å². The van der Waals surface area contributed by atoms with Crippen molar-refractivity contribution in [3.05, 3.63) is 36.0 Å². The van der Waals surface area contributed by atoms with Crippen LogP contribution in [-0.4, -0.2) is 9.82 Å². The topological polar surface area (TPSA) is 4.93 Å². The summed E-state index contributed by atoms with van der Waals surface area (Å²) in [6.07, 6.45) is 0. The first-order chi connectivity index (χ1) is 7.72. The number of hydrogen-bond donors (Lipinski definition) is 0. The van der Waals surface area contributed by atoms with Gasteiger partial charge >= 0.3 is 0 Å². The first-order valence-electron chi connectivity index (χ1n) is 5.91. The molecule has 0 radical (unpaired) electrons. The Hall–Kier alpha value is -0.890. The highest BCUT2D eigenvalue weighted by molar-refractivity contribution is 7.99. The molecule has 0 aliphatic heterocycles. The van der Waals surface area contributed by atoms with Crippen molar-refractivity contribution in [1.29, 1.82) is 0 Å². The maximum Gasteiger partial charge on any atom is 0.0482 e. The minimum atomic E-state index is 0.698. The summed E-state index contributed by atoms with van der Waals surface area (Å²) in [6.45, 7) is 7.78. The van der Waals surface area contributed by atoms with E-state index < -0.39 is 0 Å². The molecular formula is C14H19NS. The highest BCUT2D eigenvalue weighted by atomic mass is 32.2. The van der Waals surface area contributed by atoms with E-state index in [1.807, 2.05) is 11.8 Å². The van der Waals surface area contributed by atoms with Gasteiger partial charge in [0, 0.05) is 23.5 Å². The van der Waals surface area contributed by atoms with Gasteiger partial charge in [-0.1, -0.05) is 32.0 Å². The number of hydrogen-bond acceptors (Lipinski definition) is 1. The molecule has 0 N–H and O–H groups in total. The Kier molecular flexibility index (Phi) is 3.59. The average Bonchev–Trinajstić information content (AvgIpc) is 2.63. The number of benzene rings is 1. The fraction of sp³-hybridized carbons (Fsp3) is 0.429. The van der Waals surface area contributed by atoms with Crippen LogP contribution in [0.25, 0.3) is 10.9 Å². The van der Waals surface area contributed by atoms with E-state index in [0.717, 1.165) is 12.3 Å². The molecule has 2 aromatic rings. The molecule has 0 bridgehead atoms. The molecule has 1 nitrogen and oxygen atoms in total. The summed E-state index contributed by atoms with van der Waals surface area (Å²) in [5.74, 6) is 1.11. The molecule has 2 heteroatoms. The van der Waals surface area contributed by atoms with Gasteiger partial charge < -0.3 is 4.57 Å². The molecule has 0 aliphatic rings. The third kappa shape index (κ3) is 2.27. The summed E-state index contributed by atoms with van der Waals surface area (Å²) < 4.78 is 2.42. The third-order valence-electron chi connectivity index (χ3n) is 2.78. The van der Waals surface area contributed by atoms with Gasteiger partial charge in [-0.05, 0) is 29.7 Å². The van der Waals surface area contributed by atoms with E-state index in [2.05, 4.69) is 55.7 Å². The molecule has 1 aromatic carbocycles. The van der Waals surface area contributed by atoms with Crippen LogP contribution >= 0.6 is 11.8 Å². The van der Waals surface area contributed by atoms with Crippen LogP contribution in [0.3, 0.4) is 0 Å². The van der Waals surface area contributed by atoms with Gasteiger partial charge in [0.05, 0.1) is 0 Å². The Balaban J connectivity index is 2.36. The molecule has 0 fully saturated rings. The van der Waals surface area contributed by atoms with E-state index in [1.165, 1.54) is 16.6 Å². The van der Waals surface area contributed by atoms with Crippen LogP contribution < -0.4 is 0 Å². The van der Waals surface area contributed by atoms with E-state index in [1.54, 1.807) is 0 Å². The molecule has 86 valence electrons. The molecule has 0 spiro atoms. The van der Waals surface area contributed by atoms with Crippen molar-refractivity contribution in [2.75, 3.05) is 0 Å². The van der Waals surface area contributed by atoms with Gasteiger partial charge in [-0.3, -0.25) is 0 Å². The average molecular weight is 233 g/mol. The number of fused-ring (bicyclic) bond motifs is 1. The summed E-state index contributed by atoms with van der Waals surface area (Å²) in [4.78, 5) is 0. The number of aromatic nitrogens is 1. The minimum absolute atomic E-state index is 0.698. The Bertz CT molecular complexity index is 471.